The van der Waals surface area contributed by atoms with Gasteiger partial charge in [-0.3, -0.25) is 14.5 Å². The third-order valence-electron chi connectivity index (χ3n) is 7.08. The molecule has 2 unspecified atom stereocenters. The highest BCUT2D eigenvalue weighted by atomic mass is 35.5. The number of ether oxygens (including phenoxy) is 1. The van der Waals surface area contributed by atoms with Gasteiger partial charge in [0, 0.05) is 17.0 Å². The highest BCUT2D eigenvalue weighted by molar-refractivity contribution is 7.22. The van der Waals surface area contributed by atoms with Crippen molar-refractivity contribution in [3.63, 3.8) is 0 Å². The number of aliphatic hydroxyl groups is 1. The van der Waals surface area contributed by atoms with Gasteiger partial charge in [-0.15, -0.1) is 0 Å². The molecule has 0 aliphatic carbocycles. The molecule has 4 aromatic rings. The molecule has 192 valence electrons. The second-order valence-corrected chi connectivity index (χ2v) is 11.5. The quantitative estimate of drug-likeness (QED) is 0.170. The summed E-state index contributed by atoms with van der Waals surface area (Å²) in [5.41, 5.74) is 3.99. The summed E-state index contributed by atoms with van der Waals surface area (Å²) in [6, 6.07) is 17.6. The Morgan fingerprint density at radius 1 is 1.11 bits per heavy atom. The summed E-state index contributed by atoms with van der Waals surface area (Å²) in [6.07, 6.45) is 0.749. The first kappa shape index (κ1) is 24.6. The monoisotopic (exact) mass is 544 g/mol. The Morgan fingerprint density at radius 2 is 1.87 bits per heavy atom. The average molecular weight is 545 g/mol. The first-order valence-electron chi connectivity index (χ1n) is 12.5. The number of hydrogen-bond acceptors (Lipinski definition) is 6. The summed E-state index contributed by atoms with van der Waals surface area (Å²) in [6.45, 7) is 6.19. The zero-order valence-corrected chi connectivity index (χ0v) is 22.6. The van der Waals surface area contributed by atoms with Crippen LogP contribution >= 0.6 is 22.9 Å². The SMILES string of the molecule is CC1Cc2cc(C(O)=C3C(=O)C(=O)N(c4nc5ccc(Cl)cc5s4)C3c3ccc(C(C)C)cc3)ccc2O1. The lowest BCUT2D eigenvalue weighted by Gasteiger charge is -2.23. The number of nitrogens with zero attached hydrogens (tertiary/aromatic N) is 2. The van der Waals surface area contributed by atoms with Crippen LogP contribution in [0.2, 0.25) is 5.02 Å². The molecule has 38 heavy (non-hydrogen) atoms. The van der Waals surface area contributed by atoms with Crippen LogP contribution in [0, 0.1) is 0 Å². The molecule has 8 heteroatoms. The number of carbonyl (C=O) groups is 2. The van der Waals surface area contributed by atoms with Crippen molar-refractivity contribution in [3.05, 3.63) is 93.5 Å². The third-order valence-corrected chi connectivity index (χ3v) is 8.33. The van der Waals surface area contributed by atoms with Crippen LogP contribution in [0.1, 0.15) is 55.0 Å². The molecule has 0 spiro atoms. The first-order valence-corrected chi connectivity index (χ1v) is 13.7. The fourth-order valence-corrected chi connectivity index (χ4v) is 6.39. The van der Waals surface area contributed by atoms with E-state index in [1.807, 2.05) is 37.3 Å². The zero-order chi connectivity index (χ0) is 26.7. The van der Waals surface area contributed by atoms with Gasteiger partial charge in [-0.25, -0.2) is 4.98 Å². The van der Waals surface area contributed by atoms with Crippen molar-refractivity contribution >= 4 is 55.7 Å². The minimum atomic E-state index is -0.837. The maximum absolute atomic E-state index is 13.5. The summed E-state index contributed by atoms with van der Waals surface area (Å²) in [4.78, 5) is 33.1. The summed E-state index contributed by atoms with van der Waals surface area (Å²) in [5.74, 6) is -0.602. The van der Waals surface area contributed by atoms with Crippen LogP contribution in [-0.4, -0.2) is 27.9 Å². The van der Waals surface area contributed by atoms with E-state index in [9.17, 15) is 14.7 Å². The van der Waals surface area contributed by atoms with Gasteiger partial charge in [0.2, 0.25) is 0 Å². The Bertz CT molecular complexity index is 1640. The van der Waals surface area contributed by atoms with E-state index in [1.54, 1.807) is 30.3 Å². The molecule has 0 bridgehead atoms. The molecular formula is C30H25ClN2O4S. The molecule has 3 aromatic carbocycles. The molecule has 2 aliphatic heterocycles. The van der Waals surface area contributed by atoms with Gasteiger partial charge in [-0.05, 0) is 65.9 Å². The fourth-order valence-electron chi connectivity index (χ4n) is 5.12. The van der Waals surface area contributed by atoms with Crippen LogP contribution in [0.15, 0.2) is 66.2 Å². The van der Waals surface area contributed by atoms with E-state index in [2.05, 4.69) is 18.8 Å². The van der Waals surface area contributed by atoms with Crippen molar-refractivity contribution in [2.45, 2.75) is 45.3 Å². The highest BCUT2D eigenvalue weighted by Gasteiger charge is 2.48. The topological polar surface area (TPSA) is 79.7 Å². The molecule has 1 fully saturated rings. The smallest absolute Gasteiger partial charge is 0.301 e. The van der Waals surface area contributed by atoms with E-state index in [4.69, 9.17) is 16.3 Å². The number of halogens is 1. The van der Waals surface area contributed by atoms with Crippen molar-refractivity contribution in [1.82, 2.24) is 4.98 Å². The van der Waals surface area contributed by atoms with E-state index in [1.165, 1.54) is 16.2 Å². The zero-order valence-electron chi connectivity index (χ0n) is 21.1. The number of aliphatic hydroxyl groups excluding tert-OH is 1. The number of rotatable bonds is 4. The summed E-state index contributed by atoms with van der Waals surface area (Å²) in [5, 5.41) is 12.5. The van der Waals surface area contributed by atoms with Gasteiger partial charge < -0.3 is 9.84 Å². The van der Waals surface area contributed by atoms with Crippen LogP contribution in [0.5, 0.6) is 5.75 Å². The summed E-state index contributed by atoms with van der Waals surface area (Å²) in [7, 11) is 0. The third kappa shape index (κ3) is 4.06. The van der Waals surface area contributed by atoms with Crippen molar-refractivity contribution < 1.29 is 19.4 Å². The lowest BCUT2D eigenvalue weighted by molar-refractivity contribution is -0.132. The average Bonchev–Trinajstić information content (AvgIpc) is 3.55. The number of aromatic nitrogens is 1. The Kier molecular flexibility index (Phi) is 6.00. The highest BCUT2D eigenvalue weighted by Crippen LogP contribution is 2.45. The van der Waals surface area contributed by atoms with Crippen molar-refractivity contribution in [2.75, 3.05) is 4.90 Å². The standard InChI is InChI=1S/C30H25ClN2O4S/c1-15(2)17-4-6-18(7-5-17)26-25(27(34)19-8-11-23-20(13-19)12-16(3)37-23)28(35)29(36)33(26)30-32-22-10-9-21(31)14-24(22)38-30/h4-11,13-16,26,34H,12H2,1-3H3. The van der Waals surface area contributed by atoms with Gasteiger partial charge in [0.15, 0.2) is 5.13 Å². The maximum Gasteiger partial charge on any atom is 0.301 e. The van der Waals surface area contributed by atoms with Gasteiger partial charge in [-0.2, -0.15) is 0 Å². The van der Waals surface area contributed by atoms with Gasteiger partial charge in [0.25, 0.3) is 5.78 Å². The van der Waals surface area contributed by atoms with Gasteiger partial charge in [-0.1, -0.05) is 61.1 Å². The number of amides is 1. The molecule has 1 saturated heterocycles. The number of Topliss-reactive ketones (excluding diaryl/α,β-unsaturated/α-hetero) is 1. The van der Waals surface area contributed by atoms with E-state index in [-0.39, 0.29) is 17.4 Å². The molecule has 6 rings (SSSR count). The van der Waals surface area contributed by atoms with Crippen LogP contribution < -0.4 is 9.64 Å². The minimum Gasteiger partial charge on any atom is -0.507 e. The molecular weight excluding hydrogens is 520 g/mol. The van der Waals surface area contributed by atoms with Gasteiger partial charge in [0.1, 0.15) is 17.6 Å². The van der Waals surface area contributed by atoms with E-state index >= 15 is 0 Å². The lowest BCUT2D eigenvalue weighted by Crippen LogP contribution is -2.29. The normalized spacial score (nSPS) is 20.4. The van der Waals surface area contributed by atoms with E-state index in [0.29, 0.717) is 39.1 Å². The second-order valence-electron chi connectivity index (χ2n) is 10.1. The number of carbonyl (C=O) groups excluding carboxylic acids is 2. The Morgan fingerprint density at radius 3 is 2.61 bits per heavy atom. The molecule has 1 aromatic heterocycles. The number of anilines is 1. The fraction of sp³-hybridized carbons (Fsp3) is 0.233. The Hall–Kier alpha value is -3.68. The largest absolute Gasteiger partial charge is 0.507 e. The molecule has 2 aliphatic rings. The van der Waals surface area contributed by atoms with Crippen LogP contribution in [0.4, 0.5) is 5.13 Å². The molecule has 0 saturated carbocycles. The number of fused-ring (bicyclic) bond motifs is 2. The van der Waals surface area contributed by atoms with Crippen LogP contribution in [0.25, 0.3) is 16.0 Å². The van der Waals surface area contributed by atoms with E-state index < -0.39 is 17.7 Å². The number of ketones is 1. The molecule has 6 nitrogen and oxygen atoms in total. The van der Waals surface area contributed by atoms with Crippen molar-refractivity contribution in [1.29, 1.82) is 0 Å². The number of thiazole rings is 1. The summed E-state index contributed by atoms with van der Waals surface area (Å²) >= 11 is 7.46. The molecule has 0 radical (unpaired) electrons. The second kappa shape index (κ2) is 9.26. The minimum absolute atomic E-state index is 0.0384. The van der Waals surface area contributed by atoms with Gasteiger partial charge in [0.05, 0.1) is 21.8 Å². The van der Waals surface area contributed by atoms with E-state index in [0.717, 1.165) is 21.6 Å². The first-order chi connectivity index (χ1) is 18.2. The predicted molar refractivity (Wildman–Crippen MR) is 150 cm³/mol. The molecule has 1 amide bonds. The van der Waals surface area contributed by atoms with Gasteiger partial charge >= 0.3 is 5.91 Å². The number of benzene rings is 3. The molecule has 1 N–H and O–H groups in total. The van der Waals surface area contributed by atoms with Crippen LogP contribution in [0.3, 0.4) is 0 Å². The maximum atomic E-state index is 13.5. The van der Waals surface area contributed by atoms with Crippen LogP contribution in [-0.2, 0) is 16.0 Å². The lowest BCUT2D eigenvalue weighted by atomic mass is 9.93. The molecule has 2 atom stereocenters. The predicted octanol–water partition coefficient (Wildman–Crippen LogP) is 7.02. The van der Waals surface area contributed by atoms with Crippen molar-refractivity contribution in [3.8, 4) is 5.75 Å². The number of hydrogen-bond donors (Lipinski definition) is 1. The Balaban J connectivity index is 1.53. The molecule has 3 heterocycles. The van der Waals surface area contributed by atoms with Crippen molar-refractivity contribution in [2.24, 2.45) is 0 Å². The summed E-state index contributed by atoms with van der Waals surface area (Å²) < 4.78 is 6.60. The Labute approximate surface area is 229 Å².